The van der Waals surface area contributed by atoms with Crippen molar-refractivity contribution in [2.75, 3.05) is 12.3 Å². The van der Waals surface area contributed by atoms with Gasteiger partial charge in [0.2, 0.25) is 0 Å². The van der Waals surface area contributed by atoms with Crippen molar-refractivity contribution in [2.24, 2.45) is 0 Å². The molecule has 1 amide bonds. The van der Waals surface area contributed by atoms with Crippen LogP contribution >= 0.6 is 23.1 Å². The van der Waals surface area contributed by atoms with E-state index < -0.39 is 5.60 Å². The molecule has 0 saturated heterocycles. The van der Waals surface area contributed by atoms with E-state index in [0.717, 1.165) is 23.5 Å². The molecule has 0 spiro atoms. The van der Waals surface area contributed by atoms with Gasteiger partial charge in [0.1, 0.15) is 0 Å². The summed E-state index contributed by atoms with van der Waals surface area (Å²) in [6, 6.07) is 2.07. The molecule has 0 aromatic carbocycles. The summed E-state index contributed by atoms with van der Waals surface area (Å²) in [6.45, 7) is 2.49. The molecule has 0 bridgehead atoms. The Morgan fingerprint density at radius 1 is 1.55 bits per heavy atom. The van der Waals surface area contributed by atoms with Crippen LogP contribution in [0.2, 0.25) is 0 Å². The van der Waals surface area contributed by atoms with Gasteiger partial charge in [0.05, 0.1) is 10.5 Å². The van der Waals surface area contributed by atoms with Crippen LogP contribution in [0.15, 0.2) is 11.4 Å². The van der Waals surface area contributed by atoms with Crippen LogP contribution in [0, 0.1) is 0 Å². The SMILES string of the molecule is CCS[C@@H]1CC[C@@]1(O)CNC(=O)c1sccc1C1CC1. The van der Waals surface area contributed by atoms with Crippen LogP contribution in [0.25, 0.3) is 0 Å². The first-order valence-corrected chi connectivity index (χ1v) is 9.26. The highest BCUT2D eigenvalue weighted by molar-refractivity contribution is 8.00. The molecule has 2 fully saturated rings. The summed E-state index contributed by atoms with van der Waals surface area (Å²) < 4.78 is 0. The van der Waals surface area contributed by atoms with Gasteiger partial charge in [-0.3, -0.25) is 4.79 Å². The first-order valence-electron chi connectivity index (χ1n) is 7.33. The topological polar surface area (TPSA) is 49.3 Å². The summed E-state index contributed by atoms with van der Waals surface area (Å²) >= 11 is 3.31. The number of aliphatic hydroxyl groups is 1. The number of amides is 1. The van der Waals surface area contributed by atoms with Crippen molar-refractivity contribution >= 4 is 29.0 Å². The maximum atomic E-state index is 12.3. The minimum atomic E-state index is -0.701. The van der Waals surface area contributed by atoms with Gasteiger partial charge in [-0.25, -0.2) is 0 Å². The van der Waals surface area contributed by atoms with Gasteiger partial charge in [-0.1, -0.05) is 6.92 Å². The largest absolute Gasteiger partial charge is 0.387 e. The number of nitrogens with one attached hydrogen (secondary N) is 1. The summed E-state index contributed by atoms with van der Waals surface area (Å²) in [5, 5.41) is 15.7. The van der Waals surface area contributed by atoms with Crippen molar-refractivity contribution in [1.82, 2.24) is 5.32 Å². The Hall–Kier alpha value is -0.520. The van der Waals surface area contributed by atoms with E-state index in [0.29, 0.717) is 12.5 Å². The second-order valence-corrected chi connectivity index (χ2v) is 8.14. The molecular formula is C15H21NO2S2. The van der Waals surface area contributed by atoms with E-state index in [4.69, 9.17) is 0 Å². The smallest absolute Gasteiger partial charge is 0.261 e. The minimum absolute atomic E-state index is 0.0116. The molecule has 2 aliphatic rings. The van der Waals surface area contributed by atoms with Crippen molar-refractivity contribution in [1.29, 1.82) is 0 Å². The number of rotatable bonds is 6. The van der Waals surface area contributed by atoms with Crippen molar-refractivity contribution in [3.8, 4) is 0 Å². The lowest BCUT2D eigenvalue weighted by atomic mass is 9.79. The van der Waals surface area contributed by atoms with Gasteiger partial charge in [-0.05, 0) is 54.4 Å². The van der Waals surface area contributed by atoms with Gasteiger partial charge in [-0.2, -0.15) is 11.8 Å². The molecular weight excluding hydrogens is 290 g/mol. The Morgan fingerprint density at radius 2 is 2.35 bits per heavy atom. The summed E-state index contributed by atoms with van der Waals surface area (Å²) in [6.07, 6.45) is 4.26. The van der Waals surface area contributed by atoms with E-state index in [2.05, 4.69) is 18.3 Å². The third-order valence-corrected chi connectivity index (χ3v) is 6.62. The fourth-order valence-electron chi connectivity index (χ4n) is 2.77. The van der Waals surface area contributed by atoms with E-state index in [9.17, 15) is 9.90 Å². The number of thioether (sulfide) groups is 1. The first kappa shape index (κ1) is 14.4. The zero-order valence-corrected chi connectivity index (χ0v) is 13.4. The molecule has 2 atom stereocenters. The van der Waals surface area contributed by atoms with Gasteiger partial charge in [-0.15, -0.1) is 11.3 Å². The Bertz CT molecular complexity index is 498. The van der Waals surface area contributed by atoms with Gasteiger partial charge in [0.25, 0.3) is 5.91 Å². The summed E-state index contributed by atoms with van der Waals surface area (Å²) in [5.41, 5.74) is 0.500. The lowest BCUT2D eigenvalue weighted by Gasteiger charge is -2.45. The zero-order chi connectivity index (χ0) is 14.2. The summed E-state index contributed by atoms with van der Waals surface area (Å²) in [4.78, 5) is 13.1. The van der Waals surface area contributed by atoms with Crippen LogP contribution in [-0.4, -0.2) is 34.2 Å². The van der Waals surface area contributed by atoms with E-state index in [1.807, 2.05) is 5.38 Å². The van der Waals surface area contributed by atoms with Gasteiger partial charge < -0.3 is 10.4 Å². The number of carbonyl (C=O) groups is 1. The van der Waals surface area contributed by atoms with Crippen LogP contribution in [0.3, 0.4) is 0 Å². The van der Waals surface area contributed by atoms with Crippen LogP contribution in [0.5, 0.6) is 0 Å². The second-order valence-electron chi connectivity index (χ2n) is 5.75. The van der Waals surface area contributed by atoms with Crippen molar-refractivity contribution < 1.29 is 9.90 Å². The van der Waals surface area contributed by atoms with Crippen molar-refractivity contribution in [2.45, 2.75) is 49.4 Å². The molecule has 0 radical (unpaired) electrons. The van der Waals surface area contributed by atoms with E-state index in [-0.39, 0.29) is 11.2 Å². The molecule has 5 heteroatoms. The Labute approximate surface area is 128 Å². The molecule has 2 aliphatic carbocycles. The third-order valence-electron chi connectivity index (χ3n) is 4.28. The average Bonchev–Trinajstić information content (AvgIpc) is 3.17. The molecule has 0 unspecified atom stereocenters. The zero-order valence-electron chi connectivity index (χ0n) is 11.7. The van der Waals surface area contributed by atoms with Crippen molar-refractivity contribution in [3.63, 3.8) is 0 Å². The van der Waals surface area contributed by atoms with Crippen LogP contribution in [0.4, 0.5) is 0 Å². The quantitative estimate of drug-likeness (QED) is 0.849. The maximum absolute atomic E-state index is 12.3. The standard InChI is InChI=1S/C15H21NO2S2/c1-2-19-12-5-7-15(12,18)9-16-14(17)13-11(6-8-20-13)10-3-4-10/h6,8,10,12,18H,2-5,7,9H2,1H3,(H,16,17)/t12-,15-/m1/s1. The van der Waals surface area contributed by atoms with Crippen LogP contribution in [-0.2, 0) is 0 Å². The lowest BCUT2D eigenvalue weighted by molar-refractivity contribution is -0.0221. The third kappa shape index (κ3) is 2.76. The molecule has 1 aromatic rings. The van der Waals surface area contributed by atoms with Gasteiger partial charge in [0.15, 0.2) is 0 Å². The number of thiophene rings is 1. The van der Waals surface area contributed by atoms with E-state index in [1.54, 1.807) is 11.8 Å². The second kappa shape index (κ2) is 5.70. The van der Waals surface area contributed by atoms with Crippen LogP contribution in [0.1, 0.15) is 53.8 Å². The average molecular weight is 311 g/mol. The fourth-order valence-corrected chi connectivity index (χ4v) is 4.87. The molecule has 20 heavy (non-hydrogen) atoms. The summed E-state index contributed by atoms with van der Waals surface area (Å²) in [7, 11) is 0. The molecule has 1 aromatic heterocycles. The van der Waals surface area contributed by atoms with Crippen LogP contribution < -0.4 is 5.32 Å². The highest BCUT2D eigenvalue weighted by atomic mass is 32.2. The number of hydrogen-bond donors (Lipinski definition) is 2. The molecule has 0 aliphatic heterocycles. The Morgan fingerprint density at radius 3 is 2.95 bits per heavy atom. The first-order chi connectivity index (χ1) is 9.64. The summed E-state index contributed by atoms with van der Waals surface area (Å²) in [5.74, 6) is 1.59. The van der Waals surface area contributed by atoms with E-state index in [1.165, 1.54) is 29.7 Å². The number of hydrogen-bond acceptors (Lipinski definition) is 4. The minimum Gasteiger partial charge on any atom is -0.387 e. The monoisotopic (exact) mass is 311 g/mol. The highest BCUT2D eigenvalue weighted by Gasteiger charge is 2.45. The molecule has 2 saturated carbocycles. The van der Waals surface area contributed by atoms with Gasteiger partial charge in [0, 0.05) is 11.8 Å². The van der Waals surface area contributed by atoms with Crippen molar-refractivity contribution in [3.05, 3.63) is 21.9 Å². The molecule has 3 rings (SSSR count). The molecule has 2 N–H and O–H groups in total. The molecule has 3 nitrogen and oxygen atoms in total. The highest BCUT2D eigenvalue weighted by Crippen LogP contribution is 2.43. The Kier molecular flexibility index (Phi) is 4.11. The normalized spacial score (nSPS) is 29.0. The fraction of sp³-hybridized carbons (Fsp3) is 0.667. The van der Waals surface area contributed by atoms with Gasteiger partial charge >= 0.3 is 0 Å². The predicted molar refractivity (Wildman–Crippen MR) is 84.7 cm³/mol. The predicted octanol–water partition coefficient (Wildman–Crippen LogP) is 3.00. The lowest BCUT2D eigenvalue weighted by Crippen LogP contribution is -2.57. The Balaban J connectivity index is 1.58. The molecule has 1 heterocycles. The number of carbonyl (C=O) groups excluding carboxylic acids is 1. The molecule has 110 valence electrons. The van der Waals surface area contributed by atoms with E-state index >= 15 is 0 Å². The maximum Gasteiger partial charge on any atom is 0.261 e.